The molecule has 15 heavy (non-hydrogen) atoms. The van der Waals surface area contributed by atoms with Gasteiger partial charge in [0.25, 0.3) is 0 Å². The van der Waals surface area contributed by atoms with Gasteiger partial charge in [-0.1, -0.05) is 38.2 Å². The molecule has 0 aromatic rings. The van der Waals surface area contributed by atoms with E-state index >= 15 is 0 Å². The van der Waals surface area contributed by atoms with E-state index in [2.05, 4.69) is 27.0 Å². The van der Waals surface area contributed by atoms with Gasteiger partial charge in [0.05, 0.1) is 0 Å². The third-order valence-corrected chi connectivity index (χ3v) is 4.15. The summed E-state index contributed by atoms with van der Waals surface area (Å²) in [6, 6.07) is 0. The van der Waals surface area contributed by atoms with Crippen molar-refractivity contribution in [3.63, 3.8) is 0 Å². The Morgan fingerprint density at radius 3 is 1.27 bits per heavy atom. The van der Waals surface area contributed by atoms with Gasteiger partial charge in [-0.15, -0.1) is 0 Å². The van der Waals surface area contributed by atoms with Crippen LogP contribution in [0.3, 0.4) is 0 Å². The van der Waals surface area contributed by atoms with Crippen molar-refractivity contribution in [2.75, 3.05) is 0 Å². The van der Waals surface area contributed by atoms with Gasteiger partial charge >= 0.3 is 0 Å². The normalized spacial score (nSPS) is 28.0. The SMILES string of the molecule is C=C1C(C)(C)C(=C)C(C)(C)C(=O)C1(C)C. The molecule has 0 amide bonds. The minimum Gasteiger partial charge on any atom is -0.298 e. The third kappa shape index (κ3) is 1.32. The van der Waals surface area contributed by atoms with E-state index in [1.54, 1.807) is 0 Å². The zero-order valence-corrected chi connectivity index (χ0v) is 10.8. The van der Waals surface area contributed by atoms with E-state index in [1.165, 1.54) is 0 Å². The molecular formula is C14H22O. The summed E-state index contributed by atoms with van der Waals surface area (Å²) in [4.78, 5) is 12.4. The lowest BCUT2D eigenvalue weighted by atomic mass is 9.51. The number of carbonyl (C=O) groups excluding carboxylic acids is 1. The highest BCUT2D eigenvalue weighted by Gasteiger charge is 2.54. The molecule has 0 saturated heterocycles. The van der Waals surface area contributed by atoms with Crippen LogP contribution in [0.5, 0.6) is 0 Å². The molecule has 0 radical (unpaired) electrons. The van der Waals surface area contributed by atoms with Crippen LogP contribution in [0.15, 0.2) is 24.3 Å². The van der Waals surface area contributed by atoms with Gasteiger partial charge in [0, 0.05) is 16.2 Å². The predicted molar refractivity (Wildman–Crippen MR) is 64.6 cm³/mol. The highest BCUT2D eigenvalue weighted by atomic mass is 16.1. The summed E-state index contributed by atoms with van der Waals surface area (Å²) in [5.41, 5.74) is 0.886. The van der Waals surface area contributed by atoms with E-state index in [9.17, 15) is 4.79 Å². The van der Waals surface area contributed by atoms with Crippen LogP contribution in [0.1, 0.15) is 41.5 Å². The molecule has 0 N–H and O–H groups in total. The van der Waals surface area contributed by atoms with Crippen molar-refractivity contribution in [3.8, 4) is 0 Å². The minimum absolute atomic E-state index is 0.166. The van der Waals surface area contributed by atoms with Crippen molar-refractivity contribution in [1.82, 2.24) is 0 Å². The molecule has 1 nitrogen and oxygen atoms in total. The maximum absolute atomic E-state index is 12.4. The molecule has 0 aromatic carbocycles. The molecule has 1 aliphatic carbocycles. The average molecular weight is 206 g/mol. The van der Waals surface area contributed by atoms with Crippen LogP contribution in [0.2, 0.25) is 0 Å². The van der Waals surface area contributed by atoms with E-state index in [0.717, 1.165) is 11.1 Å². The zero-order chi connectivity index (χ0) is 12.2. The van der Waals surface area contributed by atoms with Crippen LogP contribution in [0.25, 0.3) is 0 Å². The second-order valence-electron chi connectivity index (χ2n) is 6.16. The number of rotatable bonds is 0. The largest absolute Gasteiger partial charge is 0.298 e. The molecule has 1 fully saturated rings. The Hall–Kier alpha value is -0.850. The first-order valence-electron chi connectivity index (χ1n) is 5.41. The van der Waals surface area contributed by atoms with E-state index in [1.807, 2.05) is 27.7 Å². The summed E-state index contributed by atoms with van der Waals surface area (Å²) < 4.78 is 0. The molecule has 0 unspecified atom stereocenters. The van der Waals surface area contributed by atoms with Crippen LogP contribution >= 0.6 is 0 Å². The Morgan fingerprint density at radius 1 is 0.733 bits per heavy atom. The Kier molecular flexibility index (Phi) is 2.31. The molecule has 0 spiro atoms. The summed E-state index contributed by atoms with van der Waals surface area (Å²) in [5, 5.41) is 0. The van der Waals surface area contributed by atoms with Gasteiger partial charge in [0.1, 0.15) is 0 Å². The highest BCUT2D eigenvalue weighted by Crippen LogP contribution is 2.56. The lowest BCUT2D eigenvalue weighted by molar-refractivity contribution is -0.135. The zero-order valence-electron chi connectivity index (χ0n) is 10.8. The van der Waals surface area contributed by atoms with Crippen LogP contribution < -0.4 is 0 Å². The molecular weight excluding hydrogens is 184 g/mol. The molecule has 1 heteroatoms. The fourth-order valence-corrected chi connectivity index (χ4v) is 2.80. The molecule has 1 aliphatic rings. The summed E-state index contributed by atoms with van der Waals surface area (Å²) in [6.07, 6.45) is 0. The Balaban J connectivity index is 3.44. The van der Waals surface area contributed by atoms with Crippen molar-refractivity contribution < 1.29 is 4.79 Å². The fraction of sp³-hybridized carbons (Fsp3) is 0.643. The monoisotopic (exact) mass is 206 g/mol. The van der Waals surface area contributed by atoms with E-state index < -0.39 is 10.8 Å². The van der Waals surface area contributed by atoms with E-state index in [4.69, 9.17) is 0 Å². The van der Waals surface area contributed by atoms with Gasteiger partial charge in [-0.3, -0.25) is 4.79 Å². The first-order chi connectivity index (χ1) is 6.46. The van der Waals surface area contributed by atoms with Crippen LogP contribution in [-0.2, 0) is 4.79 Å². The van der Waals surface area contributed by atoms with Crippen LogP contribution in [0.4, 0.5) is 0 Å². The summed E-state index contributed by atoms with van der Waals surface area (Å²) in [6.45, 7) is 20.3. The molecule has 0 bridgehead atoms. The van der Waals surface area contributed by atoms with Gasteiger partial charge < -0.3 is 0 Å². The number of hydrogen-bond acceptors (Lipinski definition) is 1. The predicted octanol–water partition coefficient (Wildman–Crippen LogP) is 3.76. The topological polar surface area (TPSA) is 17.1 Å². The number of ketones is 1. The van der Waals surface area contributed by atoms with Crippen molar-refractivity contribution >= 4 is 5.78 Å². The fourth-order valence-electron chi connectivity index (χ4n) is 2.80. The number of hydrogen-bond donors (Lipinski definition) is 0. The van der Waals surface area contributed by atoms with Crippen LogP contribution in [0, 0.1) is 16.2 Å². The Labute approximate surface area is 93.3 Å². The van der Waals surface area contributed by atoms with Crippen molar-refractivity contribution in [3.05, 3.63) is 24.3 Å². The molecule has 0 aromatic heterocycles. The minimum atomic E-state index is -0.450. The maximum atomic E-state index is 12.4. The number of Topliss-reactive ketones (excluding diaryl/α,β-unsaturated/α-hetero) is 1. The van der Waals surface area contributed by atoms with Gasteiger partial charge in [-0.25, -0.2) is 0 Å². The molecule has 1 saturated carbocycles. The van der Waals surface area contributed by atoms with Gasteiger partial charge in [0.2, 0.25) is 0 Å². The third-order valence-electron chi connectivity index (χ3n) is 4.15. The highest BCUT2D eigenvalue weighted by molar-refractivity contribution is 5.96. The Morgan fingerprint density at radius 2 is 1.00 bits per heavy atom. The smallest absolute Gasteiger partial charge is 0.152 e. The van der Waals surface area contributed by atoms with Crippen molar-refractivity contribution in [2.24, 2.45) is 16.2 Å². The van der Waals surface area contributed by atoms with Gasteiger partial charge in [0.15, 0.2) is 5.78 Å². The molecule has 0 heterocycles. The molecule has 1 rings (SSSR count). The van der Waals surface area contributed by atoms with Crippen molar-refractivity contribution in [2.45, 2.75) is 41.5 Å². The van der Waals surface area contributed by atoms with Gasteiger partial charge in [-0.05, 0) is 27.7 Å². The van der Waals surface area contributed by atoms with E-state index in [0.29, 0.717) is 0 Å². The molecule has 84 valence electrons. The summed E-state index contributed by atoms with van der Waals surface area (Å²) in [7, 11) is 0. The molecule has 0 aliphatic heterocycles. The lowest BCUT2D eigenvalue weighted by Crippen LogP contribution is -2.50. The second kappa shape index (κ2) is 2.84. The first-order valence-corrected chi connectivity index (χ1v) is 5.41. The molecule has 0 atom stereocenters. The standard InChI is InChI=1S/C14H22O/c1-9-12(3,4)10(2)14(7,8)11(15)13(9,5)6/h1-2H2,3-8H3. The summed E-state index contributed by atoms with van der Waals surface area (Å²) in [5.74, 6) is 0.226. The summed E-state index contributed by atoms with van der Waals surface area (Å²) >= 11 is 0. The quantitative estimate of drug-likeness (QED) is 0.551. The number of allylic oxidation sites excluding steroid dienone is 2. The Bertz CT molecular complexity index is 272. The average Bonchev–Trinajstić information content (AvgIpc) is 2.12. The van der Waals surface area contributed by atoms with Gasteiger partial charge in [-0.2, -0.15) is 0 Å². The van der Waals surface area contributed by atoms with E-state index in [-0.39, 0.29) is 11.2 Å². The first kappa shape index (κ1) is 12.2. The lowest BCUT2D eigenvalue weighted by Gasteiger charge is -2.51. The van der Waals surface area contributed by atoms with Crippen LogP contribution in [-0.4, -0.2) is 5.78 Å². The maximum Gasteiger partial charge on any atom is 0.152 e. The number of carbonyl (C=O) groups is 1. The second-order valence-corrected chi connectivity index (χ2v) is 6.16. The van der Waals surface area contributed by atoms with Crippen molar-refractivity contribution in [1.29, 1.82) is 0 Å².